The first-order valence-corrected chi connectivity index (χ1v) is 15.1. The summed E-state index contributed by atoms with van der Waals surface area (Å²) >= 11 is 6.29. The number of hydrogen-bond acceptors (Lipinski definition) is 4. The van der Waals surface area contributed by atoms with E-state index in [0.717, 1.165) is 33.7 Å². The summed E-state index contributed by atoms with van der Waals surface area (Å²) in [6.07, 6.45) is 2.08. The number of sulfonamides is 1. The number of nitrogens with one attached hydrogen (secondary N) is 1. The molecule has 3 aromatic rings. The Morgan fingerprint density at radius 1 is 0.923 bits per heavy atom. The molecular formula is C30H36ClN3O4S. The summed E-state index contributed by atoms with van der Waals surface area (Å²) in [5.74, 6) is -0.779. The van der Waals surface area contributed by atoms with Crippen molar-refractivity contribution in [3.05, 3.63) is 100 Å². The molecule has 3 aromatic carbocycles. The van der Waals surface area contributed by atoms with Gasteiger partial charge in [0.15, 0.2) is 0 Å². The SMILES string of the molecule is CCCNC(=O)[C@@H](Cc1ccccc1)N(Cc1ccc(C)cc1)C(=O)CN(c1cccc(Cl)c1C)S(C)(=O)=O. The van der Waals surface area contributed by atoms with Crippen LogP contribution < -0.4 is 9.62 Å². The average molecular weight is 570 g/mol. The van der Waals surface area contributed by atoms with Gasteiger partial charge in [0, 0.05) is 24.5 Å². The third-order valence-corrected chi connectivity index (χ3v) is 8.02. The predicted octanol–water partition coefficient (Wildman–Crippen LogP) is 4.89. The summed E-state index contributed by atoms with van der Waals surface area (Å²) < 4.78 is 26.9. The second-order valence-electron chi connectivity index (χ2n) is 9.66. The van der Waals surface area contributed by atoms with Crippen molar-refractivity contribution in [2.24, 2.45) is 0 Å². The second-order valence-corrected chi connectivity index (χ2v) is 12.0. The van der Waals surface area contributed by atoms with Gasteiger partial charge in [0.2, 0.25) is 21.8 Å². The molecule has 3 rings (SSSR count). The standard InChI is InChI=1S/C30H36ClN3O4S/c1-5-18-32-30(36)28(19-24-10-7-6-8-11-24)33(20-25-16-14-22(2)15-17-25)29(35)21-34(39(4,37)38)27-13-9-12-26(31)23(27)3/h6-17,28H,5,18-21H2,1-4H3,(H,32,36)/t28-/m1/s1. The van der Waals surface area contributed by atoms with E-state index in [0.29, 0.717) is 22.8 Å². The summed E-state index contributed by atoms with van der Waals surface area (Å²) in [5.41, 5.74) is 3.66. The van der Waals surface area contributed by atoms with Crippen LogP contribution in [0.2, 0.25) is 5.02 Å². The summed E-state index contributed by atoms with van der Waals surface area (Å²) in [5, 5.41) is 3.33. The van der Waals surface area contributed by atoms with Crippen LogP contribution in [0.15, 0.2) is 72.8 Å². The number of nitrogens with zero attached hydrogens (tertiary/aromatic N) is 2. The van der Waals surface area contributed by atoms with Gasteiger partial charge in [-0.1, -0.05) is 84.8 Å². The van der Waals surface area contributed by atoms with Crippen molar-refractivity contribution in [2.75, 3.05) is 23.7 Å². The summed E-state index contributed by atoms with van der Waals surface area (Å²) in [6, 6.07) is 21.3. The Morgan fingerprint density at radius 3 is 2.21 bits per heavy atom. The van der Waals surface area contributed by atoms with Gasteiger partial charge in [-0.2, -0.15) is 0 Å². The Balaban J connectivity index is 2.06. The molecule has 0 saturated carbocycles. The molecular weight excluding hydrogens is 534 g/mol. The Morgan fingerprint density at radius 2 is 1.59 bits per heavy atom. The maximum absolute atomic E-state index is 14.1. The highest BCUT2D eigenvalue weighted by molar-refractivity contribution is 7.92. The molecule has 0 fully saturated rings. The van der Waals surface area contributed by atoms with Crippen LogP contribution in [0.3, 0.4) is 0 Å². The molecule has 0 spiro atoms. The van der Waals surface area contributed by atoms with Crippen LogP contribution in [0.25, 0.3) is 0 Å². The monoisotopic (exact) mass is 569 g/mol. The largest absolute Gasteiger partial charge is 0.354 e. The average Bonchev–Trinajstić information content (AvgIpc) is 2.90. The minimum absolute atomic E-state index is 0.141. The first-order valence-electron chi connectivity index (χ1n) is 12.9. The minimum atomic E-state index is -3.86. The van der Waals surface area contributed by atoms with Gasteiger partial charge < -0.3 is 10.2 Å². The number of amides is 2. The second kappa shape index (κ2) is 13.6. The van der Waals surface area contributed by atoms with Crippen molar-refractivity contribution in [3.63, 3.8) is 0 Å². The lowest BCUT2D eigenvalue weighted by atomic mass is 10.0. The molecule has 0 aliphatic rings. The van der Waals surface area contributed by atoms with E-state index in [4.69, 9.17) is 11.6 Å². The van der Waals surface area contributed by atoms with Gasteiger partial charge in [-0.25, -0.2) is 8.42 Å². The predicted molar refractivity (Wildman–Crippen MR) is 157 cm³/mol. The van der Waals surface area contributed by atoms with E-state index in [2.05, 4.69) is 5.32 Å². The number of aryl methyl sites for hydroxylation is 1. The molecule has 9 heteroatoms. The van der Waals surface area contributed by atoms with Crippen LogP contribution in [0.5, 0.6) is 0 Å². The molecule has 0 aliphatic heterocycles. The number of rotatable bonds is 12. The Labute approximate surface area is 236 Å². The molecule has 0 aromatic heterocycles. The van der Waals surface area contributed by atoms with E-state index in [1.165, 1.54) is 4.90 Å². The van der Waals surface area contributed by atoms with Crippen LogP contribution in [-0.2, 0) is 32.6 Å². The lowest BCUT2D eigenvalue weighted by Crippen LogP contribution is -2.53. The van der Waals surface area contributed by atoms with Gasteiger partial charge in [-0.15, -0.1) is 0 Å². The highest BCUT2D eigenvalue weighted by Crippen LogP contribution is 2.28. The molecule has 0 aliphatic carbocycles. The number of halogens is 1. The van der Waals surface area contributed by atoms with Crippen LogP contribution in [-0.4, -0.2) is 50.5 Å². The van der Waals surface area contributed by atoms with Gasteiger partial charge >= 0.3 is 0 Å². The van der Waals surface area contributed by atoms with Gasteiger partial charge in [0.05, 0.1) is 11.9 Å². The zero-order chi connectivity index (χ0) is 28.6. The van der Waals surface area contributed by atoms with E-state index in [1.54, 1.807) is 25.1 Å². The fraction of sp³-hybridized carbons (Fsp3) is 0.333. The van der Waals surface area contributed by atoms with Crippen LogP contribution in [0.1, 0.15) is 35.6 Å². The van der Waals surface area contributed by atoms with E-state index in [-0.39, 0.29) is 18.9 Å². The summed E-state index contributed by atoms with van der Waals surface area (Å²) in [6.45, 7) is 5.77. The smallest absolute Gasteiger partial charge is 0.244 e. The number of benzene rings is 3. The highest BCUT2D eigenvalue weighted by Gasteiger charge is 2.33. The minimum Gasteiger partial charge on any atom is -0.354 e. The van der Waals surface area contributed by atoms with Crippen molar-refractivity contribution in [1.29, 1.82) is 0 Å². The van der Waals surface area contributed by atoms with Gasteiger partial charge in [0.1, 0.15) is 12.6 Å². The lowest BCUT2D eigenvalue weighted by molar-refractivity contribution is -0.140. The zero-order valence-electron chi connectivity index (χ0n) is 22.9. The maximum Gasteiger partial charge on any atom is 0.244 e. The molecule has 1 atom stereocenters. The molecule has 0 radical (unpaired) electrons. The molecule has 7 nitrogen and oxygen atoms in total. The molecule has 2 amide bonds. The van der Waals surface area contributed by atoms with Gasteiger partial charge in [0.25, 0.3) is 0 Å². The van der Waals surface area contributed by atoms with E-state index >= 15 is 0 Å². The normalized spacial score (nSPS) is 12.0. The van der Waals surface area contributed by atoms with E-state index < -0.39 is 28.5 Å². The van der Waals surface area contributed by atoms with Crippen molar-refractivity contribution in [3.8, 4) is 0 Å². The van der Waals surface area contributed by atoms with Crippen molar-refractivity contribution in [1.82, 2.24) is 10.2 Å². The van der Waals surface area contributed by atoms with Crippen LogP contribution in [0, 0.1) is 13.8 Å². The highest BCUT2D eigenvalue weighted by atomic mass is 35.5. The third kappa shape index (κ3) is 8.31. The molecule has 208 valence electrons. The zero-order valence-corrected chi connectivity index (χ0v) is 24.4. The fourth-order valence-corrected chi connectivity index (χ4v) is 5.34. The Hall–Kier alpha value is -3.36. The molecule has 0 bridgehead atoms. The maximum atomic E-state index is 14.1. The van der Waals surface area contributed by atoms with Crippen molar-refractivity contribution >= 4 is 39.1 Å². The van der Waals surface area contributed by atoms with Crippen molar-refractivity contribution in [2.45, 2.75) is 46.2 Å². The fourth-order valence-electron chi connectivity index (χ4n) is 4.27. The van der Waals surface area contributed by atoms with Gasteiger partial charge in [-0.3, -0.25) is 13.9 Å². The summed E-state index contributed by atoms with van der Waals surface area (Å²) in [7, 11) is -3.86. The topological polar surface area (TPSA) is 86.8 Å². The van der Waals surface area contributed by atoms with E-state index in [9.17, 15) is 18.0 Å². The third-order valence-electron chi connectivity index (χ3n) is 6.48. The van der Waals surface area contributed by atoms with Gasteiger partial charge in [-0.05, 0) is 49.1 Å². The first-order chi connectivity index (χ1) is 18.5. The first kappa shape index (κ1) is 30.2. The molecule has 0 saturated heterocycles. The van der Waals surface area contributed by atoms with E-state index in [1.807, 2.05) is 68.4 Å². The number of carbonyl (C=O) groups is 2. The van der Waals surface area contributed by atoms with Crippen LogP contribution >= 0.6 is 11.6 Å². The number of hydrogen-bond donors (Lipinski definition) is 1. The quantitative estimate of drug-likeness (QED) is 0.336. The number of carbonyl (C=O) groups excluding carboxylic acids is 2. The lowest BCUT2D eigenvalue weighted by Gasteiger charge is -2.34. The Bertz CT molecular complexity index is 1380. The molecule has 0 unspecified atom stereocenters. The molecule has 39 heavy (non-hydrogen) atoms. The van der Waals surface area contributed by atoms with Crippen molar-refractivity contribution < 1.29 is 18.0 Å². The molecule has 1 N–H and O–H groups in total. The van der Waals surface area contributed by atoms with Crippen LogP contribution in [0.4, 0.5) is 5.69 Å². The Kier molecular flexibility index (Phi) is 10.5. The number of anilines is 1. The molecule has 0 heterocycles. The summed E-state index contributed by atoms with van der Waals surface area (Å²) in [4.78, 5) is 29.0.